The summed E-state index contributed by atoms with van der Waals surface area (Å²) in [6.45, 7) is 1.91. The molecule has 1 nitrogen and oxygen atoms in total. The van der Waals surface area contributed by atoms with E-state index < -0.39 is 17.6 Å². The number of aryl methyl sites for hydroxylation is 1. The van der Waals surface area contributed by atoms with Crippen LogP contribution in [0.4, 0.5) is 17.6 Å². The molecule has 1 atom stereocenters. The van der Waals surface area contributed by atoms with Gasteiger partial charge in [-0.1, -0.05) is 13.0 Å². The second-order valence-electron chi connectivity index (χ2n) is 4.02. The molecule has 96 valence electrons. The van der Waals surface area contributed by atoms with E-state index in [-0.39, 0.29) is 6.04 Å². The van der Waals surface area contributed by atoms with Gasteiger partial charge >= 0.3 is 6.18 Å². The van der Waals surface area contributed by atoms with Crippen LogP contribution in [0.25, 0.3) is 0 Å². The van der Waals surface area contributed by atoms with E-state index in [9.17, 15) is 17.6 Å². The van der Waals surface area contributed by atoms with Gasteiger partial charge in [-0.15, -0.1) is 0 Å². The molecule has 2 N–H and O–H groups in total. The third kappa shape index (κ3) is 4.00. The fourth-order valence-electron chi connectivity index (χ4n) is 1.50. The maximum Gasteiger partial charge on any atom is 0.419 e. The molecule has 0 amide bonds. The standard InChI is InChI=1S/C12H15F4N/c1-2-9(17)5-3-8-4-6-11(13)10(7-8)12(14,15)16/h4,6-7,9H,2-3,5,17H2,1H3. The fraction of sp³-hybridized carbons (Fsp3) is 0.500. The normalized spacial score (nSPS) is 13.8. The number of benzene rings is 1. The molecule has 0 saturated carbocycles. The Kier molecular flexibility index (Phi) is 4.51. The Balaban J connectivity index is 2.82. The molecule has 0 aromatic heterocycles. The van der Waals surface area contributed by atoms with Gasteiger partial charge in [-0.25, -0.2) is 4.39 Å². The monoisotopic (exact) mass is 249 g/mol. The molecule has 0 heterocycles. The number of rotatable bonds is 4. The average Bonchev–Trinajstić information content (AvgIpc) is 2.26. The lowest BCUT2D eigenvalue weighted by molar-refractivity contribution is -0.140. The lowest BCUT2D eigenvalue weighted by Gasteiger charge is -2.11. The third-order valence-electron chi connectivity index (χ3n) is 2.66. The zero-order chi connectivity index (χ0) is 13.1. The minimum absolute atomic E-state index is 0.0330. The zero-order valence-corrected chi connectivity index (χ0v) is 9.52. The molecule has 0 aliphatic rings. The quantitative estimate of drug-likeness (QED) is 0.812. The third-order valence-corrected chi connectivity index (χ3v) is 2.66. The van der Waals surface area contributed by atoms with E-state index in [2.05, 4.69) is 0 Å². The van der Waals surface area contributed by atoms with Crippen molar-refractivity contribution in [3.63, 3.8) is 0 Å². The predicted molar refractivity (Wildman–Crippen MR) is 58.0 cm³/mol. The maximum absolute atomic E-state index is 13.0. The first-order chi connectivity index (χ1) is 7.84. The Morgan fingerprint density at radius 2 is 1.94 bits per heavy atom. The average molecular weight is 249 g/mol. The number of halogens is 4. The van der Waals surface area contributed by atoms with Crippen molar-refractivity contribution in [3.8, 4) is 0 Å². The van der Waals surface area contributed by atoms with Crippen molar-refractivity contribution in [3.05, 3.63) is 35.1 Å². The van der Waals surface area contributed by atoms with Crippen LogP contribution in [-0.4, -0.2) is 6.04 Å². The number of hydrogen-bond acceptors (Lipinski definition) is 1. The summed E-state index contributed by atoms with van der Waals surface area (Å²) >= 11 is 0. The van der Waals surface area contributed by atoms with Crippen LogP contribution in [0.15, 0.2) is 18.2 Å². The van der Waals surface area contributed by atoms with Crippen LogP contribution in [0, 0.1) is 5.82 Å². The molecule has 1 unspecified atom stereocenters. The number of hydrogen-bond donors (Lipinski definition) is 1. The van der Waals surface area contributed by atoms with Crippen LogP contribution < -0.4 is 5.73 Å². The van der Waals surface area contributed by atoms with E-state index in [1.54, 1.807) is 0 Å². The van der Waals surface area contributed by atoms with Crippen LogP contribution in [0.1, 0.15) is 30.9 Å². The molecule has 0 saturated heterocycles. The molecule has 17 heavy (non-hydrogen) atoms. The van der Waals surface area contributed by atoms with Gasteiger partial charge in [0.05, 0.1) is 5.56 Å². The Morgan fingerprint density at radius 1 is 1.29 bits per heavy atom. The largest absolute Gasteiger partial charge is 0.419 e. The Hall–Kier alpha value is -1.10. The first-order valence-corrected chi connectivity index (χ1v) is 5.45. The van der Waals surface area contributed by atoms with Crippen molar-refractivity contribution in [2.75, 3.05) is 0 Å². The van der Waals surface area contributed by atoms with Gasteiger partial charge in [0.15, 0.2) is 0 Å². The second kappa shape index (κ2) is 5.49. The van der Waals surface area contributed by atoms with Crippen molar-refractivity contribution in [1.29, 1.82) is 0 Å². The molecular weight excluding hydrogens is 234 g/mol. The molecule has 1 aromatic carbocycles. The summed E-state index contributed by atoms with van der Waals surface area (Å²) in [4.78, 5) is 0. The summed E-state index contributed by atoms with van der Waals surface area (Å²) < 4.78 is 50.3. The van der Waals surface area contributed by atoms with Crippen LogP contribution in [0.3, 0.4) is 0 Å². The van der Waals surface area contributed by atoms with Crippen LogP contribution in [0.5, 0.6) is 0 Å². The molecule has 5 heteroatoms. The second-order valence-corrected chi connectivity index (χ2v) is 4.02. The predicted octanol–water partition coefficient (Wildman–Crippen LogP) is 3.51. The minimum Gasteiger partial charge on any atom is -0.328 e. The Morgan fingerprint density at radius 3 is 2.47 bits per heavy atom. The lowest BCUT2D eigenvalue weighted by atomic mass is 10.0. The number of alkyl halides is 3. The highest BCUT2D eigenvalue weighted by molar-refractivity contribution is 5.27. The summed E-state index contributed by atoms with van der Waals surface area (Å²) in [6.07, 6.45) is -2.85. The van der Waals surface area contributed by atoms with Crippen LogP contribution >= 0.6 is 0 Å². The van der Waals surface area contributed by atoms with Gasteiger partial charge in [0.2, 0.25) is 0 Å². The smallest absolute Gasteiger partial charge is 0.328 e. The SMILES string of the molecule is CCC(N)CCc1ccc(F)c(C(F)(F)F)c1. The molecule has 0 fully saturated rings. The molecule has 1 rings (SSSR count). The van der Waals surface area contributed by atoms with E-state index in [1.807, 2.05) is 6.92 Å². The van der Waals surface area contributed by atoms with Crippen LogP contribution in [-0.2, 0) is 12.6 Å². The highest BCUT2D eigenvalue weighted by Crippen LogP contribution is 2.32. The molecule has 0 spiro atoms. The van der Waals surface area contributed by atoms with Gasteiger partial charge in [-0.3, -0.25) is 0 Å². The molecule has 0 radical (unpaired) electrons. The topological polar surface area (TPSA) is 26.0 Å². The van der Waals surface area contributed by atoms with Gasteiger partial charge in [-0.05, 0) is 37.0 Å². The van der Waals surface area contributed by atoms with E-state index >= 15 is 0 Å². The molecular formula is C12H15F4N. The molecule has 0 bridgehead atoms. The van der Waals surface area contributed by atoms with Crippen molar-refractivity contribution in [2.24, 2.45) is 5.73 Å². The summed E-state index contributed by atoms with van der Waals surface area (Å²) in [5.74, 6) is -1.24. The molecule has 0 aliphatic carbocycles. The van der Waals surface area contributed by atoms with E-state index in [0.717, 1.165) is 18.6 Å². The maximum atomic E-state index is 13.0. The zero-order valence-electron chi connectivity index (χ0n) is 9.52. The lowest BCUT2D eigenvalue weighted by Crippen LogP contribution is -2.19. The van der Waals surface area contributed by atoms with Crippen molar-refractivity contribution in [2.45, 2.75) is 38.4 Å². The van der Waals surface area contributed by atoms with Gasteiger partial charge < -0.3 is 5.73 Å². The molecule has 1 aromatic rings. The minimum atomic E-state index is -4.65. The van der Waals surface area contributed by atoms with E-state index in [4.69, 9.17) is 5.73 Å². The van der Waals surface area contributed by atoms with Gasteiger partial charge in [-0.2, -0.15) is 13.2 Å². The van der Waals surface area contributed by atoms with Gasteiger partial charge in [0.25, 0.3) is 0 Å². The van der Waals surface area contributed by atoms with Gasteiger partial charge in [0.1, 0.15) is 5.82 Å². The Labute approximate surface area is 97.6 Å². The summed E-state index contributed by atoms with van der Waals surface area (Å²) in [5, 5.41) is 0. The van der Waals surface area contributed by atoms with Crippen molar-refractivity contribution >= 4 is 0 Å². The van der Waals surface area contributed by atoms with E-state index in [0.29, 0.717) is 18.4 Å². The van der Waals surface area contributed by atoms with E-state index in [1.165, 1.54) is 6.07 Å². The highest BCUT2D eigenvalue weighted by Gasteiger charge is 2.34. The van der Waals surface area contributed by atoms with Crippen molar-refractivity contribution < 1.29 is 17.6 Å². The first kappa shape index (κ1) is 14.0. The fourth-order valence-corrected chi connectivity index (χ4v) is 1.50. The highest BCUT2D eigenvalue weighted by atomic mass is 19.4. The number of nitrogens with two attached hydrogens (primary N) is 1. The van der Waals surface area contributed by atoms with Crippen molar-refractivity contribution in [1.82, 2.24) is 0 Å². The molecule has 0 aliphatic heterocycles. The first-order valence-electron chi connectivity index (χ1n) is 5.45. The van der Waals surface area contributed by atoms with Gasteiger partial charge in [0, 0.05) is 6.04 Å². The summed E-state index contributed by atoms with van der Waals surface area (Å²) in [7, 11) is 0. The summed E-state index contributed by atoms with van der Waals surface area (Å²) in [5.41, 5.74) is 4.93. The van der Waals surface area contributed by atoms with Crippen LogP contribution in [0.2, 0.25) is 0 Å². The Bertz CT molecular complexity index is 373. The summed E-state index contributed by atoms with van der Waals surface area (Å²) in [6, 6.07) is 3.05.